The van der Waals surface area contributed by atoms with E-state index in [-0.39, 0.29) is 11.0 Å². The van der Waals surface area contributed by atoms with Crippen molar-refractivity contribution < 1.29 is 17.9 Å². The minimum atomic E-state index is -3.83. The van der Waals surface area contributed by atoms with Crippen LogP contribution in [0.15, 0.2) is 108 Å². The van der Waals surface area contributed by atoms with Crippen LogP contribution in [0.3, 0.4) is 0 Å². The molecule has 0 aliphatic rings. The third kappa shape index (κ3) is 4.66. The Hall–Kier alpha value is -4.03. The van der Waals surface area contributed by atoms with E-state index >= 15 is 0 Å². The molecule has 6 heteroatoms. The monoisotopic (exact) mass is 483 g/mol. The number of anilines is 1. The highest BCUT2D eigenvalue weighted by Gasteiger charge is 2.19. The van der Waals surface area contributed by atoms with E-state index in [1.165, 1.54) is 0 Å². The molecule has 0 spiro atoms. The molecule has 0 aromatic heterocycles. The van der Waals surface area contributed by atoms with Gasteiger partial charge in [0, 0.05) is 11.5 Å². The van der Waals surface area contributed by atoms with Gasteiger partial charge in [0.15, 0.2) is 11.5 Å². The SMILES string of the molecule is COc1ccc(NS(=O)(=O)c2cccc3ccccc23)cc1OC(C)c1ccc2ccccc2c1. The van der Waals surface area contributed by atoms with Crippen LogP contribution in [0.1, 0.15) is 18.6 Å². The van der Waals surface area contributed by atoms with E-state index in [2.05, 4.69) is 29.0 Å². The fourth-order valence-electron chi connectivity index (χ4n) is 4.19. The fraction of sp³-hybridized carbons (Fsp3) is 0.103. The molecule has 0 aliphatic carbocycles. The summed E-state index contributed by atoms with van der Waals surface area (Å²) in [6, 6.07) is 32.0. The number of methoxy groups -OCH3 is 1. The molecule has 5 rings (SSSR count). The summed E-state index contributed by atoms with van der Waals surface area (Å²) in [5, 5.41) is 3.81. The molecule has 1 N–H and O–H groups in total. The van der Waals surface area contributed by atoms with Crippen LogP contribution in [0, 0.1) is 0 Å². The zero-order valence-corrected chi connectivity index (χ0v) is 20.3. The van der Waals surface area contributed by atoms with Gasteiger partial charge in [-0.2, -0.15) is 0 Å². The number of sulfonamides is 1. The Balaban J connectivity index is 1.44. The van der Waals surface area contributed by atoms with Crippen LogP contribution in [-0.4, -0.2) is 15.5 Å². The molecule has 0 bridgehead atoms. The maximum absolute atomic E-state index is 13.3. The highest BCUT2D eigenvalue weighted by molar-refractivity contribution is 7.93. The summed E-state index contributed by atoms with van der Waals surface area (Å²) in [7, 11) is -2.27. The summed E-state index contributed by atoms with van der Waals surface area (Å²) in [5.41, 5.74) is 1.40. The molecule has 1 atom stereocenters. The molecule has 176 valence electrons. The predicted molar refractivity (Wildman–Crippen MR) is 141 cm³/mol. The molecule has 35 heavy (non-hydrogen) atoms. The maximum Gasteiger partial charge on any atom is 0.262 e. The number of nitrogens with one attached hydrogen (secondary N) is 1. The van der Waals surface area contributed by atoms with Gasteiger partial charge in [0.25, 0.3) is 10.0 Å². The van der Waals surface area contributed by atoms with E-state index < -0.39 is 10.0 Å². The third-order valence-corrected chi connectivity index (χ3v) is 7.44. The van der Waals surface area contributed by atoms with Crippen LogP contribution in [0.2, 0.25) is 0 Å². The Labute approximate surface area is 205 Å². The molecule has 0 aliphatic heterocycles. The van der Waals surface area contributed by atoms with Gasteiger partial charge in [-0.3, -0.25) is 4.72 Å². The van der Waals surface area contributed by atoms with Gasteiger partial charge in [0.05, 0.1) is 17.7 Å². The average Bonchev–Trinajstić information content (AvgIpc) is 2.88. The fourth-order valence-corrected chi connectivity index (χ4v) is 5.47. The first kappa shape index (κ1) is 22.7. The molecule has 0 saturated carbocycles. The molecule has 0 saturated heterocycles. The van der Waals surface area contributed by atoms with E-state index in [0.717, 1.165) is 21.7 Å². The summed E-state index contributed by atoms with van der Waals surface area (Å²) < 4.78 is 40.9. The summed E-state index contributed by atoms with van der Waals surface area (Å²) >= 11 is 0. The number of ether oxygens (including phenoxy) is 2. The number of rotatable bonds is 7. The first-order valence-electron chi connectivity index (χ1n) is 11.3. The van der Waals surface area contributed by atoms with Crippen LogP contribution >= 0.6 is 0 Å². The highest BCUT2D eigenvalue weighted by atomic mass is 32.2. The molecule has 0 heterocycles. The quantitative estimate of drug-likeness (QED) is 0.272. The lowest BCUT2D eigenvalue weighted by Crippen LogP contribution is -2.13. The van der Waals surface area contributed by atoms with Crippen molar-refractivity contribution in [3.63, 3.8) is 0 Å². The minimum absolute atomic E-state index is 0.221. The molecule has 5 nitrogen and oxygen atoms in total. The lowest BCUT2D eigenvalue weighted by molar-refractivity contribution is 0.216. The van der Waals surface area contributed by atoms with Crippen molar-refractivity contribution in [1.29, 1.82) is 0 Å². The number of fused-ring (bicyclic) bond motifs is 2. The molecule has 0 radical (unpaired) electrons. The average molecular weight is 484 g/mol. The topological polar surface area (TPSA) is 64.6 Å². The first-order valence-corrected chi connectivity index (χ1v) is 12.8. The van der Waals surface area contributed by atoms with Gasteiger partial charge < -0.3 is 9.47 Å². The second kappa shape index (κ2) is 9.31. The number of hydrogen-bond donors (Lipinski definition) is 1. The van der Waals surface area contributed by atoms with Gasteiger partial charge in [0.1, 0.15) is 6.10 Å². The summed E-state index contributed by atoms with van der Waals surface area (Å²) in [6.07, 6.45) is -0.279. The Morgan fingerprint density at radius 2 is 1.43 bits per heavy atom. The van der Waals surface area contributed by atoms with Crippen LogP contribution in [0.5, 0.6) is 11.5 Å². The second-order valence-electron chi connectivity index (χ2n) is 8.32. The van der Waals surface area contributed by atoms with Gasteiger partial charge in [-0.25, -0.2) is 8.42 Å². The van der Waals surface area contributed by atoms with Gasteiger partial charge in [-0.1, -0.05) is 72.8 Å². The van der Waals surface area contributed by atoms with Gasteiger partial charge in [-0.15, -0.1) is 0 Å². The predicted octanol–water partition coefficient (Wildman–Crippen LogP) is 6.94. The number of hydrogen-bond acceptors (Lipinski definition) is 4. The van der Waals surface area contributed by atoms with Gasteiger partial charge >= 0.3 is 0 Å². The Morgan fingerprint density at radius 1 is 0.714 bits per heavy atom. The zero-order valence-electron chi connectivity index (χ0n) is 19.4. The summed E-state index contributed by atoms with van der Waals surface area (Å²) in [6.45, 7) is 1.95. The van der Waals surface area contributed by atoms with Crippen LogP contribution in [-0.2, 0) is 10.0 Å². The van der Waals surface area contributed by atoms with Crippen molar-refractivity contribution in [3.05, 3.63) is 109 Å². The molecule has 5 aromatic rings. The third-order valence-electron chi connectivity index (χ3n) is 6.00. The maximum atomic E-state index is 13.3. The largest absolute Gasteiger partial charge is 0.493 e. The highest BCUT2D eigenvalue weighted by Crippen LogP contribution is 2.35. The van der Waals surface area contributed by atoms with E-state index in [1.54, 1.807) is 43.5 Å². The van der Waals surface area contributed by atoms with Crippen molar-refractivity contribution in [3.8, 4) is 11.5 Å². The summed E-state index contributed by atoms with van der Waals surface area (Å²) in [5.74, 6) is 0.969. The standard InChI is InChI=1S/C29H25NO4S/c1-20(23-15-14-21-8-3-4-10-24(21)18-23)34-28-19-25(16-17-27(28)33-2)30-35(31,32)29-13-7-11-22-9-5-6-12-26(22)29/h3-20,30H,1-2H3. The normalized spacial score (nSPS) is 12.4. The Morgan fingerprint density at radius 3 is 2.23 bits per heavy atom. The second-order valence-corrected chi connectivity index (χ2v) is 9.97. The molecular weight excluding hydrogens is 458 g/mol. The number of benzene rings is 5. The Bertz CT molecular complexity index is 1620. The van der Waals surface area contributed by atoms with Crippen LogP contribution in [0.4, 0.5) is 5.69 Å². The smallest absolute Gasteiger partial charge is 0.262 e. The molecular formula is C29H25NO4S. The first-order chi connectivity index (χ1) is 16.9. The van der Waals surface area contributed by atoms with Crippen LogP contribution < -0.4 is 14.2 Å². The van der Waals surface area contributed by atoms with E-state index in [1.807, 2.05) is 49.4 Å². The van der Waals surface area contributed by atoms with Gasteiger partial charge in [-0.05, 0) is 52.9 Å². The van der Waals surface area contributed by atoms with Crippen molar-refractivity contribution in [2.24, 2.45) is 0 Å². The van der Waals surface area contributed by atoms with Crippen molar-refractivity contribution in [2.45, 2.75) is 17.9 Å². The zero-order chi connectivity index (χ0) is 24.4. The minimum Gasteiger partial charge on any atom is -0.493 e. The Kier molecular flexibility index (Phi) is 6.05. The van der Waals surface area contributed by atoms with Gasteiger partial charge in [0.2, 0.25) is 0 Å². The molecule has 0 fully saturated rings. The molecule has 5 aromatic carbocycles. The lowest BCUT2D eigenvalue weighted by Gasteiger charge is -2.19. The lowest BCUT2D eigenvalue weighted by atomic mass is 10.0. The summed E-state index contributed by atoms with van der Waals surface area (Å²) in [4.78, 5) is 0.221. The van der Waals surface area contributed by atoms with Crippen molar-refractivity contribution in [1.82, 2.24) is 0 Å². The molecule has 0 amide bonds. The van der Waals surface area contributed by atoms with E-state index in [0.29, 0.717) is 22.6 Å². The van der Waals surface area contributed by atoms with Crippen LogP contribution in [0.25, 0.3) is 21.5 Å². The van der Waals surface area contributed by atoms with E-state index in [4.69, 9.17) is 9.47 Å². The van der Waals surface area contributed by atoms with E-state index in [9.17, 15) is 8.42 Å². The van der Waals surface area contributed by atoms with Crippen molar-refractivity contribution >= 4 is 37.3 Å². The van der Waals surface area contributed by atoms with Crippen molar-refractivity contribution in [2.75, 3.05) is 11.8 Å². The molecule has 1 unspecified atom stereocenters.